The van der Waals surface area contributed by atoms with Gasteiger partial charge in [-0.15, -0.1) is 0 Å². The summed E-state index contributed by atoms with van der Waals surface area (Å²) in [5, 5.41) is 6.83. The molecule has 7 nitrogen and oxygen atoms in total. The second kappa shape index (κ2) is 11.8. The van der Waals surface area contributed by atoms with Gasteiger partial charge in [0.25, 0.3) is 0 Å². The van der Waals surface area contributed by atoms with E-state index in [2.05, 4.69) is 34.4 Å². The molecule has 1 atom stereocenters. The minimum absolute atomic E-state index is 0.246. The summed E-state index contributed by atoms with van der Waals surface area (Å²) in [6, 6.07) is 4.15. The second-order valence-corrected chi connectivity index (χ2v) is 8.30. The van der Waals surface area contributed by atoms with Crippen LogP contribution in [0.5, 0.6) is 5.88 Å². The molecule has 0 bridgehead atoms. The molecular formula is C23H37N5O2. The minimum Gasteiger partial charge on any atom is -0.478 e. The van der Waals surface area contributed by atoms with Gasteiger partial charge >= 0.3 is 0 Å². The number of carbonyl (C=O) groups excluding carboxylic acids is 1. The molecule has 0 radical (unpaired) electrons. The Morgan fingerprint density at radius 1 is 1.23 bits per heavy atom. The third kappa shape index (κ3) is 6.61. The van der Waals surface area contributed by atoms with Gasteiger partial charge in [0.05, 0.1) is 13.2 Å². The van der Waals surface area contributed by atoms with Gasteiger partial charge in [-0.05, 0) is 38.2 Å². The molecule has 1 aliphatic heterocycles. The van der Waals surface area contributed by atoms with Gasteiger partial charge in [0.2, 0.25) is 11.8 Å². The smallest absolute Gasteiger partial charge is 0.225 e. The number of likely N-dealkylation sites (tertiary alicyclic amines) is 1. The topological polar surface area (TPSA) is 78.9 Å². The van der Waals surface area contributed by atoms with Crippen LogP contribution >= 0.6 is 0 Å². The highest BCUT2D eigenvalue weighted by molar-refractivity contribution is 5.81. The number of hydrogen-bond donors (Lipinski definition) is 2. The van der Waals surface area contributed by atoms with Gasteiger partial charge in [-0.25, -0.2) is 9.98 Å². The Morgan fingerprint density at radius 2 is 2.07 bits per heavy atom. The molecule has 1 saturated carbocycles. The van der Waals surface area contributed by atoms with E-state index in [-0.39, 0.29) is 12.0 Å². The van der Waals surface area contributed by atoms with Crippen LogP contribution in [0, 0.1) is 5.92 Å². The molecule has 166 valence electrons. The molecule has 1 saturated heterocycles. The molecule has 1 aliphatic carbocycles. The van der Waals surface area contributed by atoms with Crippen LogP contribution in [0.3, 0.4) is 0 Å². The molecule has 7 heteroatoms. The lowest BCUT2D eigenvalue weighted by Crippen LogP contribution is -2.45. The Labute approximate surface area is 180 Å². The average Bonchev–Trinajstić information content (AvgIpc) is 3.25. The lowest BCUT2D eigenvalue weighted by atomic mass is 9.88. The summed E-state index contributed by atoms with van der Waals surface area (Å²) < 4.78 is 5.53. The number of hydrogen-bond acceptors (Lipinski definition) is 4. The van der Waals surface area contributed by atoms with Gasteiger partial charge < -0.3 is 20.3 Å². The Balaban J connectivity index is 1.50. The summed E-state index contributed by atoms with van der Waals surface area (Å²) in [6.45, 7) is 7.78. The standard InChI is InChI=1S/C23H37N5O2/c1-3-14-30-21-11-10-18(15-25-21)16-26-23(24-4-2)27-20-12-13-28(17-20)22(29)19-8-6-5-7-9-19/h10-11,15,19-20H,3-9,12-14,16-17H2,1-2H3,(H2,24,26,27). The van der Waals surface area contributed by atoms with E-state index in [1.165, 1.54) is 19.3 Å². The van der Waals surface area contributed by atoms with Crippen LogP contribution in [0.15, 0.2) is 23.3 Å². The average molecular weight is 416 g/mol. The van der Waals surface area contributed by atoms with Crippen molar-refractivity contribution in [2.24, 2.45) is 10.9 Å². The van der Waals surface area contributed by atoms with Gasteiger partial charge in [0.1, 0.15) is 0 Å². The van der Waals surface area contributed by atoms with E-state index in [0.717, 1.165) is 56.8 Å². The van der Waals surface area contributed by atoms with Crippen molar-refractivity contribution in [2.75, 3.05) is 26.2 Å². The van der Waals surface area contributed by atoms with Crippen LogP contribution in [-0.2, 0) is 11.3 Å². The van der Waals surface area contributed by atoms with Gasteiger partial charge in [-0.3, -0.25) is 4.79 Å². The number of aliphatic imine (C=N–C) groups is 1. The Kier molecular flexibility index (Phi) is 8.78. The molecular weight excluding hydrogens is 378 g/mol. The lowest BCUT2D eigenvalue weighted by molar-refractivity contribution is -0.135. The first kappa shape index (κ1) is 22.4. The van der Waals surface area contributed by atoms with Crippen molar-refractivity contribution in [2.45, 2.75) is 71.4 Å². The SMILES string of the molecule is CCCOc1ccc(CN=C(NCC)NC2CCN(C(=O)C3CCCCC3)C2)cn1. The third-order valence-electron chi connectivity index (χ3n) is 5.81. The Hall–Kier alpha value is -2.31. The number of amides is 1. The van der Waals surface area contributed by atoms with Crippen LogP contribution in [-0.4, -0.2) is 54.0 Å². The van der Waals surface area contributed by atoms with Gasteiger partial charge in [0, 0.05) is 43.9 Å². The van der Waals surface area contributed by atoms with E-state index >= 15 is 0 Å². The van der Waals surface area contributed by atoms with Crippen molar-refractivity contribution in [3.63, 3.8) is 0 Å². The maximum Gasteiger partial charge on any atom is 0.225 e. The molecule has 1 unspecified atom stereocenters. The van der Waals surface area contributed by atoms with E-state index in [4.69, 9.17) is 9.73 Å². The molecule has 2 heterocycles. The molecule has 2 fully saturated rings. The highest BCUT2D eigenvalue weighted by Gasteiger charge is 2.31. The van der Waals surface area contributed by atoms with Gasteiger partial charge in [-0.1, -0.05) is 32.3 Å². The molecule has 1 amide bonds. The van der Waals surface area contributed by atoms with Gasteiger partial charge in [0.15, 0.2) is 5.96 Å². The van der Waals surface area contributed by atoms with Crippen molar-refractivity contribution in [1.82, 2.24) is 20.5 Å². The molecule has 30 heavy (non-hydrogen) atoms. The van der Waals surface area contributed by atoms with Crippen LogP contribution in [0.1, 0.15) is 64.4 Å². The molecule has 1 aromatic heterocycles. The zero-order valence-corrected chi connectivity index (χ0v) is 18.5. The highest BCUT2D eigenvalue weighted by atomic mass is 16.5. The molecule has 0 spiro atoms. The third-order valence-corrected chi connectivity index (χ3v) is 5.81. The largest absolute Gasteiger partial charge is 0.478 e. The maximum atomic E-state index is 12.8. The fourth-order valence-corrected chi connectivity index (χ4v) is 4.17. The van der Waals surface area contributed by atoms with Crippen LogP contribution in [0.4, 0.5) is 0 Å². The number of guanidine groups is 1. The molecule has 2 N–H and O–H groups in total. The number of nitrogens with one attached hydrogen (secondary N) is 2. The second-order valence-electron chi connectivity index (χ2n) is 8.30. The van der Waals surface area contributed by atoms with Crippen LogP contribution < -0.4 is 15.4 Å². The van der Waals surface area contributed by atoms with E-state index in [1.54, 1.807) is 0 Å². The predicted molar refractivity (Wildman–Crippen MR) is 120 cm³/mol. The summed E-state index contributed by atoms with van der Waals surface area (Å²) in [7, 11) is 0. The molecule has 2 aliphatic rings. The molecule has 0 aromatic carbocycles. The highest BCUT2D eigenvalue weighted by Crippen LogP contribution is 2.26. The van der Waals surface area contributed by atoms with Crippen molar-refractivity contribution in [1.29, 1.82) is 0 Å². The predicted octanol–water partition coefficient (Wildman–Crippen LogP) is 3.11. The fraction of sp³-hybridized carbons (Fsp3) is 0.696. The number of aromatic nitrogens is 1. The van der Waals surface area contributed by atoms with E-state index in [9.17, 15) is 4.79 Å². The van der Waals surface area contributed by atoms with Crippen molar-refractivity contribution in [3.05, 3.63) is 23.9 Å². The van der Waals surface area contributed by atoms with Crippen molar-refractivity contribution in [3.8, 4) is 5.88 Å². The fourth-order valence-electron chi connectivity index (χ4n) is 4.17. The Morgan fingerprint density at radius 3 is 2.77 bits per heavy atom. The maximum absolute atomic E-state index is 12.8. The van der Waals surface area contributed by atoms with Crippen LogP contribution in [0.2, 0.25) is 0 Å². The quantitative estimate of drug-likeness (QED) is 0.504. The normalized spacial score (nSPS) is 20.3. The van der Waals surface area contributed by atoms with E-state index < -0.39 is 0 Å². The van der Waals surface area contributed by atoms with Crippen molar-refractivity contribution < 1.29 is 9.53 Å². The number of pyridine rings is 1. The summed E-state index contributed by atoms with van der Waals surface area (Å²) in [5.41, 5.74) is 1.04. The van der Waals surface area contributed by atoms with E-state index in [1.807, 2.05) is 18.3 Å². The first-order chi connectivity index (χ1) is 14.7. The lowest BCUT2D eigenvalue weighted by Gasteiger charge is -2.26. The summed E-state index contributed by atoms with van der Waals surface area (Å²) >= 11 is 0. The number of carbonyl (C=O) groups is 1. The summed E-state index contributed by atoms with van der Waals surface area (Å²) in [6.07, 6.45) is 9.55. The Bertz CT molecular complexity index is 685. The number of ether oxygens (including phenoxy) is 1. The first-order valence-corrected chi connectivity index (χ1v) is 11.6. The zero-order chi connectivity index (χ0) is 21.2. The van der Waals surface area contributed by atoms with Crippen molar-refractivity contribution >= 4 is 11.9 Å². The monoisotopic (exact) mass is 415 g/mol. The number of rotatable bonds is 8. The summed E-state index contributed by atoms with van der Waals surface area (Å²) in [4.78, 5) is 23.9. The zero-order valence-electron chi connectivity index (χ0n) is 18.5. The first-order valence-electron chi connectivity index (χ1n) is 11.6. The molecule has 3 rings (SSSR count). The minimum atomic E-state index is 0.246. The van der Waals surface area contributed by atoms with E-state index in [0.29, 0.717) is 24.9 Å². The summed E-state index contributed by atoms with van der Waals surface area (Å²) in [5.74, 6) is 2.05. The van der Waals surface area contributed by atoms with Crippen LogP contribution in [0.25, 0.3) is 0 Å². The molecule has 1 aromatic rings. The number of nitrogens with zero attached hydrogens (tertiary/aromatic N) is 3. The van der Waals surface area contributed by atoms with Gasteiger partial charge in [-0.2, -0.15) is 0 Å².